The molecule has 2 heterocycles. The molecule has 17 heavy (non-hydrogen) atoms. The van der Waals surface area contributed by atoms with Crippen LogP contribution in [0.2, 0.25) is 0 Å². The molecule has 0 unspecified atom stereocenters. The Morgan fingerprint density at radius 2 is 2.24 bits per heavy atom. The number of hydrogen-bond acceptors (Lipinski definition) is 4. The van der Waals surface area contributed by atoms with E-state index in [-0.39, 0.29) is 0 Å². The molecular formula is C12H18N4O. The third-order valence-electron chi connectivity index (χ3n) is 2.60. The number of nitrogens with two attached hydrogens (primary N) is 1. The van der Waals surface area contributed by atoms with E-state index in [4.69, 9.17) is 10.5 Å². The summed E-state index contributed by atoms with van der Waals surface area (Å²) in [6.07, 6.45) is 9.96. The molecule has 2 aromatic rings. The number of hydrogen-bond donors (Lipinski definition) is 1. The average Bonchev–Trinajstić information content (AvgIpc) is 2.76. The van der Waals surface area contributed by atoms with Crippen molar-refractivity contribution >= 4 is 11.5 Å². The Balaban J connectivity index is 2.00. The van der Waals surface area contributed by atoms with Gasteiger partial charge in [0.15, 0.2) is 0 Å². The van der Waals surface area contributed by atoms with Crippen LogP contribution in [0.3, 0.4) is 0 Å². The molecule has 0 spiro atoms. The fourth-order valence-corrected chi connectivity index (χ4v) is 1.72. The van der Waals surface area contributed by atoms with E-state index in [2.05, 4.69) is 16.9 Å². The number of rotatable bonds is 6. The minimum Gasteiger partial charge on any atom is -0.475 e. The maximum atomic E-state index is 5.70. The summed E-state index contributed by atoms with van der Waals surface area (Å²) in [6.45, 7) is 2.85. The molecule has 2 rings (SSSR count). The van der Waals surface area contributed by atoms with Crippen LogP contribution < -0.4 is 10.5 Å². The van der Waals surface area contributed by atoms with E-state index < -0.39 is 0 Å². The zero-order valence-electron chi connectivity index (χ0n) is 10.1. The van der Waals surface area contributed by atoms with Gasteiger partial charge in [0.25, 0.3) is 5.88 Å². The van der Waals surface area contributed by atoms with Gasteiger partial charge in [0, 0.05) is 12.4 Å². The molecule has 92 valence electrons. The second-order valence-electron chi connectivity index (χ2n) is 4.04. The topological polar surface area (TPSA) is 65.4 Å². The van der Waals surface area contributed by atoms with Gasteiger partial charge in [-0.1, -0.05) is 26.2 Å². The van der Waals surface area contributed by atoms with Crippen molar-refractivity contribution in [1.82, 2.24) is 14.4 Å². The minimum atomic E-state index is 0.444. The van der Waals surface area contributed by atoms with E-state index >= 15 is 0 Å². The number of imidazole rings is 1. The van der Waals surface area contributed by atoms with Crippen molar-refractivity contribution in [3.63, 3.8) is 0 Å². The quantitative estimate of drug-likeness (QED) is 0.779. The molecule has 0 fully saturated rings. The highest BCUT2D eigenvalue weighted by Gasteiger charge is 2.06. The predicted molar refractivity (Wildman–Crippen MR) is 67.0 cm³/mol. The first-order valence-electron chi connectivity index (χ1n) is 6.03. The van der Waals surface area contributed by atoms with Crippen molar-refractivity contribution in [2.75, 3.05) is 12.3 Å². The van der Waals surface area contributed by atoms with Crippen LogP contribution in [-0.4, -0.2) is 21.0 Å². The average molecular weight is 234 g/mol. The van der Waals surface area contributed by atoms with Gasteiger partial charge < -0.3 is 10.5 Å². The Bertz CT molecular complexity index is 480. The SMILES string of the molecule is CCCCCCOc1nc(N)cn2ccnc12. The van der Waals surface area contributed by atoms with Gasteiger partial charge in [-0.3, -0.25) is 4.40 Å². The molecule has 5 heteroatoms. The number of anilines is 1. The molecule has 2 aromatic heterocycles. The summed E-state index contributed by atoms with van der Waals surface area (Å²) in [5.41, 5.74) is 6.41. The first kappa shape index (κ1) is 11.7. The van der Waals surface area contributed by atoms with Crippen molar-refractivity contribution in [2.24, 2.45) is 0 Å². The van der Waals surface area contributed by atoms with Gasteiger partial charge in [-0.2, -0.15) is 4.98 Å². The Morgan fingerprint density at radius 1 is 1.35 bits per heavy atom. The van der Waals surface area contributed by atoms with Crippen molar-refractivity contribution < 1.29 is 4.74 Å². The number of ether oxygens (including phenoxy) is 1. The lowest BCUT2D eigenvalue weighted by molar-refractivity contribution is 0.296. The summed E-state index contributed by atoms with van der Waals surface area (Å²) in [5, 5.41) is 0. The zero-order valence-corrected chi connectivity index (χ0v) is 10.1. The maximum absolute atomic E-state index is 5.70. The third-order valence-corrected chi connectivity index (χ3v) is 2.60. The van der Waals surface area contributed by atoms with Gasteiger partial charge in [0.05, 0.1) is 12.8 Å². The molecule has 5 nitrogen and oxygen atoms in total. The molecule has 0 saturated heterocycles. The largest absolute Gasteiger partial charge is 0.475 e. The van der Waals surface area contributed by atoms with E-state index in [1.54, 1.807) is 12.4 Å². The highest BCUT2D eigenvalue weighted by molar-refractivity contribution is 5.52. The Labute approximate surface area is 101 Å². The fourth-order valence-electron chi connectivity index (χ4n) is 1.72. The van der Waals surface area contributed by atoms with Gasteiger partial charge in [-0.15, -0.1) is 0 Å². The standard InChI is InChI=1S/C12H18N4O/c1-2-3-4-5-8-17-12-11-14-6-7-16(11)9-10(13)15-12/h6-7,9H,2-5,8,13H2,1H3. The first-order chi connectivity index (χ1) is 8.31. The van der Waals surface area contributed by atoms with Gasteiger partial charge in [-0.05, 0) is 6.42 Å². The van der Waals surface area contributed by atoms with E-state index in [0.717, 1.165) is 12.1 Å². The van der Waals surface area contributed by atoms with Crippen LogP contribution in [0, 0.1) is 0 Å². The van der Waals surface area contributed by atoms with Crippen LogP contribution >= 0.6 is 0 Å². The summed E-state index contributed by atoms with van der Waals surface area (Å²) in [6, 6.07) is 0. The van der Waals surface area contributed by atoms with Crippen molar-refractivity contribution in [1.29, 1.82) is 0 Å². The predicted octanol–water partition coefficient (Wildman–Crippen LogP) is 2.27. The fraction of sp³-hybridized carbons (Fsp3) is 0.500. The van der Waals surface area contributed by atoms with Crippen LogP contribution in [0.15, 0.2) is 18.6 Å². The maximum Gasteiger partial charge on any atom is 0.260 e. The molecule has 2 N–H and O–H groups in total. The van der Waals surface area contributed by atoms with E-state index in [1.807, 2.05) is 10.6 Å². The van der Waals surface area contributed by atoms with E-state index in [1.165, 1.54) is 19.3 Å². The van der Waals surface area contributed by atoms with Crippen LogP contribution in [0.4, 0.5) is 5.82 Å². The van der Waals surface area contributed by atoms with Gasteiger partial charge >= 0.3 is 0 Å². The second-order valence-corrected chi connectivity index (χ2v) is 4.04. The molecule has 0 aliphatic carbocycles. The summed E-state index contributed by atoms with van der Waals surface area (Å²) < 4.78 is 7.45. The Kier molecular flexibility index (Phi) is 3.80. The number of fused-ring (bicyclic) bond motifs is 1. The highest BCUT2D eigenvalue weighted by Crippen LogP contribution is 2.17. The van der Waals surface area contributed by atoms with Gasteiger partial charge in [0.1, 0.15) is 5.82 Å². The van der Waals surface area contributed by atoms with Crippen molar-refractivity contribution in [3.8, 4) is 5.88 Å². The van der Waals surface area contributed by atoms with Gasteiger partial charge in [0.2, 0.25) is 5.65 Å². The molecule has 0 aliphatic rings. The zero-order chi connectivity index (χ0) is 12.1. The van der Waals surface area contributed by atoms with Crippen molar-refractivity contribution in [2.45, 2.75) is 32.6 Å². The van der Waals surface area contributed by atoms with Crippen LogP contribution in [0.1, 0.15) is 32.6 Å². The molecule has 0 bridgehead atoms. The lowest BCUT2D eigenvalue weighted by Gasteiger charge is -2.07. The molecule has 0 radical (unpaired) electrons. The highest BCUT2D eigenvalue weighted by atomic mass is 16.5. The van der Waals surface area contributed by atoms with E-state index in [0.29, 0.717) is 18.3 Å². The molecular weight excluding hydrogens is 216 g/mol. The number of aromatic nitrogens is 3. The van der Waals surface area contributed by atoms with Crippen LogP contribution in [0.25, 0.3) is 5.65 Å². The molecule has 0 saturated carbocycles. The minimum absolute atomic E-state index is 0.444. The molecule has 0 aliphatic heterocycles. The molecule has 0 amide bonds. The number of nitrogen functional groups attached to an aromatic ring is 1. The summed E-state index contributed by atoms with van der Waals surface area (Å²) in [5.74, 6) is 0.963. The monoisotopic (exact) mass is 234 g/mol. The number of unbranched alkanes of at least 4 members (excludes halogenated alkanes) is 3. The summed E-state index contributed by atoms with van der Waals surface area (Å²) in [7, 11) is 0. The number of nitrogens with zero attached hydrogens (tertiary/aromatic N) is 3. The first-order valence-corrected chi connectivity index (χ1v) is 6.03. The Hall–Kier alpha value is -1.78. The smallest absolute Gasteiger partial charge is 0.260 e. The second kappa shape index (κ2) is 5.52. The molecule has 0 atom stereocenters. The lowest BCUT2D eigenvalue weighted by atomic mass is 10.2. The normalized spacial score (nSPS) is 10.9. The molecule has 0 aromatic carbocycles. The summed E-state index contributed by atoms with van der Waals surface area (Å²) >= 11 is 0. The van der Waals surface area contributed by atoms with Crippen LogP contribution in [0.5, 0.6) is 5.88 Å². The van der Waals surface area contributed by atoms with Crippen LogP contribution in [-0.2, 0) is 0 Å². The van der Waals surface area contributed by atoms with Gasteiger partial charge in [-0.25, -0.2) is 4.98 Å². The van der Waals surface area contributed by atoms with E-state index in [9.17, 15) is 0 Å². The van der Waals surface area contributed by atoms with Crippen molar-refractivity contribution in [3.05, 3.63) is 18.6 Å². The summed E-state index contributed by atoms with van der Waals surface area (Å²) in [4.78, 5) is 8.36. The third kappa shape index (κ3) is 2.87. The lowest BCUT2D eigenvalue weighted by Crippen LogP contribution is -2.04. The Morgan fingerprint density at radius 3 is 3.06 bits per heavy atom.